The number of anilines is 1. The fourth-order valence-electron chi connectivity index (χ4n) is 1.48. The van der Waals surface area contributed by atoms with Crippen molar-refractivity contribution in [2.24, 2.45) is 0 Å². The van der Waals surface area contributed by atoms with E-state index in [1.54, 1.807) is 12.2 Å². The number of halogens is 3. The normalized spacial score (nSPS) is 12.5. The van der Waals surface area contributed by atoms with Crippen LogP contribution in [-0.4, -0.2) is 31.3 Å². The van der Waals surface area contributed by atoms with E-state index >= 15 is 0 Å². The molecule has 0 aliphatic carbocycles. The van der Waals surface area contributed by atoms with E-state index in [0.29, 0.717) is 6.42 Å². The average molecular weight is 319 g/mol. The lowest BCUT2D eigenvalue weighted by Gasteiger charge is -2.16. The third-order valence-corrected chi connectivity index (χ3v) is 2.80. The highest BCUT2D eigenvalue weighted by Crippen LogP contribution is 2.26. The van der Waals surface area contributed by atoms with Gasteiger partial charge < -0.3 is 14.8 Å². The van der Waals surface area contributed by atoms with Gasteiger partial charge in [-0.15, -0.1) is 0 Å². The Balaban J connectivity index is 3.09. The monoisotopic (exact) mass is 319 g/mol. The quantitative estimate of drug-likeness (QED) is 0.847. The van der Waals surface area contributed by atoms with Gasteiger partial charge in [0.2, 0.25) is 0 Å². The van der Waals surface area contributed by atoms with E-state index in [2.05, 4.69) is 4.74 Å². The highest BCUT2D eigenvalue weighted by molar-refractivity contribution is 5.98. The number of esters is 1. The van der Waals surface area contributed by atoms with Gasteiger partial charge >= 0.3 is 18.1 Å². The SMILES string of the molecule is CC[C@H](C)Oc1ccc(NC(=O)C(F)(F)F)cc1C(=O)OC. The first-order chi connectivity index (χ1) is 10.2. The lowest BCUT2D eigenvalue weighted by atomic mass is 10.1. The number of hydrogen-bond donors (Lipinski definition) is 1. The van der Waals surface area contributed by atoms with Crippen molar-refractivity contribution in [1.82, 2.24) is 0 Å². The largest absolute Gasteiger partial charge is 0.490 e. The molecule has 0 aliphatic heterocycles. The Hall–Kier alpha value is -2.25. The molecular weight excluding hydrogens is 303 g/mol. The van der Waals surface area contributed by atoms with Crippen LogP contribution >= 0.6 is 0 Å². The van der Waals surface area contributed by atoms with Gasteiger partial charge in [-0.1, -0.05) is 6.92 Å². The number of alkyl halides is 3. The third kappa shape index (κ3) is 4.64. The molecule has 0 bridgehead atoms. The standard InChI is InChI=1S/C14H16F3NO4/c1-4-8(2)22-11-6-5-9(7-10(11)12(19)21-3)18-13(20)14(15,16)17/h5-8H,4H2,1-3H3,(H,18,20)/t8-/m0/s1. The number of hydrogen-bond acceptors (Lipinski definition) is 4. The van der Waals surface area contributed by atoms with E-state index in [-0.39, 0.29) is 23.1 Å². The fraction of sp³-hybridized carbons (Fsp3) is 0.429. The molecule has 0 aromatic heterocycles. The van der Waals surface area contributed by atoms with Gasteiger partial charge in [0.15, 0.2) is 0 Å². The number of amides is 1. The predicted molar refractivity (Wildman–Crippen MR) is 72.8 cm³/mol. The molecule has 0 saturated carbocycles. The second-order valence-corrected chi connectivity index (χ2v) is 4.49. The molecular formula is C14H16F3NO4. The van der Waals surface area contributed by atoms with Crippen molar-refractivity contribution in [3.05, 3.63) is 23.8 Å². The van der Waals surface area contributed by atoms with Crippen LogP contribution in [0.1, 0.15) is 30.6 Å². The van der Waals surface area contributed by atoms with Crippen LogP contribution in [0.15, 0.2) is 18.2 Å². The maximum absolute atomic E-state index is 12.2. The number of rotatable bonds is 5. The van der Waals surface area contributed by atoms with Gasteiger partial charge in [0.05, 0.1) is 13.2 Å². The first-order valence-corrected chi connectivity index (χ1v) is 6.46. The summed E-state index contributed by atoms with van der Waals surface area (Å²) in [5.74, 6) is -2.73. The Kier molecular flexibility index (Phi) is 5.78. The molecule has 1 amide bonds. The molecule has 122 valence electrons. The number of benzene rings is 1. The van der Waals surface area contributed by atoms with Crippen molar-refractivity contribution in [2.45, 2.75) is 32.5 Å². The molecule has 0 aliphatic rings. The molecule has 0 spiro atoms. The van der Waals surface area contributed by atoms with Gasteiger partial charge in [0.1, 0.15) is 11.3 Å². The molecule has 8 heteroatoms. The number of carbonyl (C=O) groups excluding carboxylic acids is 2. The van der Waals surface area contributed by atoms with E-state index in [9.17, 15) is 22.8 Å². The van der Waals surface area contributed by atoms with Crippen molar-refractivity contribution in [2.75, 3.05) is 12.4 Å². The van der Waals surface area contributed by atoms with Crippen LogP contribution in [0.4, 0.5) is 18.9 Å². The topological polar surface area (TPSA) is 64.6 Å². The highest BCUT2D eigenvalue weighted by atomic mass is 19.4. The van der Waals surface area contributed by atoms with Crippen LogP contribution in [-0.2, 0) is 9.53 Å². The summed E-state index contributed by atoms with van der Waals surface area (Å²) in [5.41, 5.74) is -0.248. The molecule has 0 unspecified atom stereocenters. The zero-order valence-corrected chi connectivity index (χ0v) is 12.3. The summed E-state index contributed by atoms with van der Waals surface area (Å²) in [6.07, 6.45) is -4.54. The lowest BCUT2D eigenvalue weighted by molar-refractivity contribution is -0.167. The van der Waals surface area contributed by atoms with E-state index in [1.807, 2.05) is 6.92 Å². The molecule has 1 rings (SSSR count). The van der Waals surface area contributed by atoms with Crippen molar-refractivity contribution in [3.63, 3.8) is 0 Å². The van der Waals surface area contributed by atoms with E-state index in [0.717, 1.165) is 13.2 Å². The average Bonchev–Trinajstić information content (AvgIpc) is 2.46. The number of nitrogens with one attached hydrogen (secondary N) is 1. The Morgan fingerprint density at radius 3 is 2.45 bits per heavy atom. The molecule has 22 heavy (non-hydrogen) atoms. The van der Waals surface area contributed by atoms with Crippen LogP contribution < -0.4 is 10.1 Å². The Morgan fingerprint density at radius 2 is 1.95 bits per heavy atom. The van der Waals surface area contributed by atoms with Crippen LogP contribution in [0.3, 0.4) is 0 Å². The Bertz CT molecular complexity index is 558. The van der Waals surface area contributed by atoms with Crippen molar-refractivity contribution in [1.29, 1.82) is 0 Å². The van der Waals surface area contributed by atoms with Crippen LogP contribution in [0.5, 0.6) is 5.75 Å². The van der Waals surface area contributed by atoms with Gasteiger partial charge in [-0.3, -0.25) is 4.79 Å². The first kappa shape index (κ1) is 17.8. The summed E-state index contributed by atoms with van der Waals surface area (Å²) >= 11 is 0. The maximum Gasteiger partial charge on any atom is 0.471 e. The van der Waals surface area contributed by atoms with Crippen LogP contribution in [0, 0.1) is 0 Å². The predicted octanol–water partition coefficient (Wildman–Crippen LogP) is 3.15. The molecule has 1 atom stereocenters. The molecule has 0 fully saturated rings. The summed E-state index contributed by atoms with van der Waals surface area (Å²) < 4.78 is 46.8. The van der Waals surface area contributed by atoms with E-state index < -0.39 is 18.1 Å². The second kappa shape index (κ2) is 7.15. The minimum Gasteiger partial charge on any atom is -0.490 e. The molecule has 5 nitrogen and oxygen atoms in total. The highest BCUT2D eigenvalue weighted by Gasteiger charge is 2.38. The van der Waals surface area contributed by atoms with E-state index in [1.165, 1.54) is 12.1 Å². The van der Waals surface area contributed by atoms with Gasteiger partial charge in [0, 0.05) is 5.69 Å². The fourth-order valence-corrected chi connectivity index (χ4v) is 1.48. The van der Waals surface area contributed by atoms with Gasteiger partial charge in [-0.2, -0.15) is 13.2 Å². The summed E-state index contributed by atoms with van der Waals surface area (Å²) in [5, 5.41) is 1.67. The molecule has 0 heterocycles. The van der Waals surface area contributed by atoms with Crippen molar-refractivity contribution < 1.29 is 32.2 Å². The van der Waals surface area contributed by atoms with Gasteiger partial charge in [-0.05, 0) is 31.5 Å². The minimum absolute atomic E-state index is 0.0669. The van der Waals surface area contributed by atoms with E-state index in [4.69, 9.17) is 4.74 Å². The maximum atomic E-state index is 12.2. The summed E-state index contributed by atoms with van der Waals surface area (Å²) in [6, 6.07) is 3.60. The smallest absolute Gasteiger partial charge is 0.471 e. The minimum atomic E-state index is -5.02. The Morgan fingerprint density at radius 1 is 1.32 bits per heavy atom. The molecule has 0 saturated heterocycles. The zero-order chi connectivity index (χ0) is 16.9. The van der Waals surface area contributed by atoms with Gasteiger partial charge in [0.25, 0.3) is 0 Å². The van der Waals surface area contributed by atoms with Crippen molar-refractivity contribution in [3.8, 4) is 5.75 Å². The number of methoxy groups -OCH3 is 1. The van der Waals surface area contributed by atoms with Crippen LogP contribution in [0.2, 0.25) is 0 Å². The lowest BCUT2D eigenvalue weighted by Crippen LogP contribution is -2.30. The molecule has 1 aromatic rings. The summed E-state index contributed by atoms with van der Waals surface area (Å²) in [4.78, 5) is 22.6. The summed E-state index contributed by atoms with van der Waals surface area (Å²) in [6.45, 7) is 3.65. The number of ether oxygens (including phenoxy) is 2. The number of carbonyl (C=O) groups is 2. The third-order valence-electron chi connectivity index (χ3n) is 2.80. The van der Waals surface area contributed by atoms with Crippen LogP contribution in [0.25, 0.3) is 0 Å². The molecule has 1 aromatic carbocycles. The first-order valence-electron chi connectivity index (χ1n) is 6.46. The van der Waals surface area contributed by atoms with Crippen molar-refractivity contribution >= 4 is 17.6 Å². The zero-order valence-electron chi connectivity index (χ0n) is 12.3. The summed E-state index contributed by atoms with van der Waals surface area (Å²) in [7, 11) is 1.14. The molecule has 0 radical (unpaired) electrons. The Labute approximate surface area is 125 Å². The van der Waals surface area contributed by atoms with Gasteiger partial charge in [-0.25, -0.2) is 4.79 Å². The molecule has 1 N–H and O–H groups in total. The second-order valence-electron chi connectivity index (χ2n) is 4.49.